The van der Waals surface area contributed by atoms with E-state index < -0.39 is 0 Å². The molecule has 0 spiro atoms. The minimum absolute atomic E-state index is 0.0334. The molecule has 0 radical (unpaired) electrons. The first kappa shape index (κ1) is 22.2. The second kappa shape index (κ2) is 10.5. The molecule has 3 aromatic rings. The zero-order chi connectivity index (χ0) is 22.2. The first-order chi connectivity index (χ1) is 15.0. The van der Waals surface area contributed by atoms with Gasteiger partial charge < -0.3 is 10.2 Å². The van der Waals surface area contributed by atoms with Crippen molar-refractivity contribution in [1.82, 2.24) is 14.7 Å². The molecule has 0 unspecified atom stereocenters. The summed E-state index contributed by atoms with van der Waals surface area (Å²) in [6.07, 6.45) is 2.90. The number of hydrogen-bond donors (Lipinski definition) is 1. The molecule has 0 fully saturated rings. The number of rotatable bonds is 9. The van der Waals surface area contributed by atoms with Crippen molar-refractivity contribution < 1.29 is 14.0 Å². The van der Waals surface area contributed by atoms with E-state index in [-0.39, 0.29) is 24.2 Å². The standard InChI is InChI=1S/C24H27FN4O2/c1-3-4-8-15-28(18(2)30)17-24(31)26-23-16-22(19-9-6-5-7-10-19)27-29(23)21-13-11-20(25)12-14-21/h5-7,9-14,16H,3-4,8,15,17H2,1-2H3,(H,26,31). The van der Waals surface area contributed by atoms with Crippen LogP contribution in [0.2, 0.25) is 0 Å². The van der Waals surface area contributed by atoms with Gasteiger partial charge in [0.2, 0.25) is 11.8 Å². The molecule has 0 atom stereocenters. The molecule has 1 heterocycles. The smallest absolute Gasteiger partial charge is 0.245 e. The van der Waals surface area contributed by atoms with Crippen LogP contribution in [-0.4, -0.2) is 39.6 Å². The van der Waals surface area contributed by atoms with Gasteiger partial charge in [0.1, 0.15) is 11.6 Å². The fraction of sp³-hybridized carbons (Fsp3) is 0.292. The highest BCUT2D eigenvalue weighted by atomic mass is 19.1. The number of carbonyl (C=O) groups excluding carboxylic acids is 2. The highest BCUT2D eigenvalue weighted by Crippen LogP contribution is 2.25. The summed E-state index contributed by atoms with van der Waals surface area (Å²) in [4.78, 5) is 26.2. The van der Waals surface area contributed by atoms with Crippen LogP contribution in [0.3, 0.4) is 0 Å². The number of carbonyl (C=O) groups is 2. The Labute approximate surface area is 181 Å². The van der Waals surface area contributed by atoms with Crippen LogP contribution in [0, 0.1) is 5.82 Å². The van der Waals surface area contributed by atoms with Crippen LogP contribution in [0.15, 0.2) is 60.7 Å². The third-order valence-corrected chi connectivity index (χ3v) is 4.93. The number of hydrogen-bond acceptors (Lipinski definition) is 3. The molecule has 0 saturated heterocycles. The highest BCUT2D eigenvalue weighted by Gasteiger charge is 2.17. The molecule has 2 amide bonds. The zero-order valence-electron chi connectivity index (χ0n) is 17.8. The van der Waals surface area contributed by atoms with Crippen LogP contribution in [0.1, 0.15) is 33.1 Å². The van der Waals surface area contributed by atoms with Crippen LogP contribution >= 0.6 is 0 Å². The Morgan fingerprint density at radius 3 is 2.42 bits per heavy atom. The van der Waals surface area contributed by atoms with Crippen molar-refractivity contribution in [2.75, 3.05) is 18.4 Å². The molecule has 3 rings (SSSR count). The molecule has 1 N–H and O–H groups in total. The maximum atomic E-state index is 13.4. The lowest BCUT2D eigenvalue weighted by molar-refractivity contribution is -0.132. The minimum atomic E-state index is -0.353. The molecule has 0 bridgehead atoms. The maximum absolute atomic E-state index is 13.4. The summed E-state index contributed by atoms with van der Waals surface area (Å²) >= 11 is 0. The van der Waals surface area contributed by atoms with Gasteiger partial charge in [-0.05, 0) is 30.7 Å². The lowest BCUT2D eigenvalue weighted by Crippen LogP contribution is -2.37. The van der Waals surface area contributed by atoms with Gasteiger partial charge in [0.25, 0.3) is 0 Å². The average molecular weight is 423 g/mol. The van der Waals surface area contributed by atoms with Gasteiger partial charge in [-0.3, -0.25) is 9.59 Å². The molecule has 0 aliphatic carbocycles. The Balaban J connectivity index is 1.84. The summed E-state index contributed by atoms with van der Waals surface area (Å²) < 4.78 is 15.0. The summed E-state index contributed by atoms with van der Waals surface area (Å²) in [5, 5.41) is 7.47. The van der Waals surface area contributed by atoms with E-state index in [1.54, 1.807) is 27.8 Å². The average Bonchev–Trinajstić information content (AvgIpc) is 3.18. The van der Waals surface area contributed by atoms with Gasteiger partial charge in [-0.1, -0.05) is 50.1 Å². The van der Waals surface area contributed by atoms with Crippen LogP contribution in [-0.2, 0) is 9.59 Å². The van der Waals surface area contributed by atoms with E-state index in [9.17, 15) is 14.0 Å². The second-order valence-corrected chi connectivity index (χ2v) is 7.36. The molecule has 0 aliphatic heterocycles. The molecule has 2 aromatic carbocycles. The number of nitrogens with zero attached hydrogens (tertiary/aromatic N) is 3. The molecule has 31 heavy (non-hydrogen) atoms. The van der Waals surface area contributed by atoms with Crippen LogP contribution in [0.25, 0.3) is 16.9 Å². The number of nitrogens with one attached hydrogen (secondary N) is 1. The van der Waals surface area contributed by atoms with E-state index in [2.05, 4.69) is 17.3 Å². The monoisotopic (exact) mass is 422 g/mol. The summed E-state index contributed by atoms with van der Waals surface area (Å²) in [5.41, 5.74) is 2.18. The fourth-order valence-corrected chi connectivity index (χ4v) is 3.26. The highest BCUT2D eigenvalue weighted by molar-refractivity contribution is 5.94. The normalized spacial score (nSPS) is 10.7. The Bertz CT molecular complexity index is 1020. The predicted octanol–water partition coefficient (Wildman–Crippen LogP) is 4.66. The van der Waals surface area contributed by atoms with Gasteiger partial charge in [-0.25, -0.2) is 9.07 Å². The molecule has 7 heteroatoms. The predicted molar refractivity (Wildman–Crippen MR) is 119 cm³/mol. The summed E-state index contributed by atoms with van der Waals surface area (Å²) in [6.45, 7) is 4.07. The van der Waals surface area contributed by atoms with E-state index in [1.165, 1.54) is 19.1 Å². The summed E-state index contributed by atoms with van der Waals surface area (Å²) in [6, 6.07) is 17.2. The topological polar surface area (TPSA) is 67.2 Å². The second-order valence-electron chi connectivity index (χ2n) is 7.36. The number of unbranched alkanes of at least 4 members (excludes halogenated alkanes) is 2. The number of halogens is 1. The SMILES string of the molecule is CCCCCN(CC(=O)Nc1cc(-c2ccccc2)nn1-c1ccc(F)cc1)C(C)=O. The van der Waals surface area contributed by atoms with E-state index in [0.29, 0.717) is 23.7 Å². The third kappa shape index (κ3) is 6.01. The van der Waals surface area contributed by atoms with E-state index in [1.807, 2.05) is 30.3 Å². The van der Waals surface area contributed by atoms with Crippen molar-refractivity contribution in [1.29, 1.82) is 0 Å². The maximum Gasteiger partial charge on any atom is 0.245 e. The summed E-state index contributed by atoms with van der Waals surface area (Å²) in [5.74, 6) is -0.348. The van der Waals surface area contributed by atoms with Crippen molar-refractivity contribution >= 4 is 17.6 Å². The first-order valence-electron chi connectivity index (χ1n) is 10.4. The summed E-state index contributed by atoms with van der Waals surface area (Å²) in [7, 11) is 0. The van der Waals surface area contributed by atoms with Crippen molar-refractivity contribution in [3.05, 3.63) is 66.5 Å². The van der Waals surface area contributed by atoms with Crippen molar-refractivity contribution in [3.63, 3.8) is 0 Å². The largest absolute Gasteiger partial charge is 0.334 e. The van der Waals surface area contributed by atoms with Crippen LogP contribution in [0.5, 0.6) is 0 Å². The molecule has 0 saturated carbocycles. The fourth-order valence-electron chi connectivity index (χ4n) is 3.26. The van der Waals surface area contributed by atoms with Gasteiger partial charge in [-0.2, -0.15) is 5.10 Å². The van der Waals surface area contributed by atoms with Crippen molar-refractivity contribution in [2.45, 2.75) is 33.1 Å². The number of amides is 2. The van der Waals surface area contributed by atoms with Crippen LogP contribution < -0.4 is 5.32 Å². The van der Waals surface area contributed by atoms with Gasteiger partial charge in [0.05, 0.1) is 17.9 Å². The van der Waals surface area contributed by atoms with Gasteiger partial charge >= 0.3 is 0 Å². The molecular weight excluding hydrogens is 395 g/mol. The van der Waals surface area contributed by atoms with Crippen molar-refractivity contribution in [3.8, 4) is 16.9 Å². The first-order valence-corrected chi connectivity index (χ1v) is 10.4. The lowest BCUT2D eigenvalue weighted by atomic mass is 10.1. The van der Waals surface area contributed by atoms with Gasteiger partial charge in [0.15, 0.2) is 0 Å². The van der Waals surface area contributed by atoms with E-state index >= 15 is 0 Å². The quantitative estimate of drug-likeness (QED) is 0.510. The Hall–Kier alpha value is -3.48. The van der Waals surface area contributed by atoms with Gasteiger partial charge in [-0.15, -0.1) is 0 Å². The Kier molecular flexibility index (Phi) is 7.54. The molecule has 6 nitrogen and oxygen atoms in total. The van der Waals surface area contributed by atoms with Crippen LogP contribution in [0.4, 0.5) is 10.2 Å². The van der Waals surface area contributed by atoms with E-state index in [0.717, 1.165) is 24.8 Å². The van der Waals surface area contributed by atoms with E-state index in [4.69, 9.17) is 0 Å². The molecular formula is C24H27FN4O2. The number of benzene rings is 2. The number of aromatic nitrogens is 2. The zero-order valence-corrected chi connectivity index (χ0v) is 17.8. The molecule has 0 aliphatic rings. The minimum Gasteiger partial charge on any atom is -0.334 e. The molecule has 162 valence electrons. The van der Waals surface area contributed by atoms with Gasteiger partial charge in [0, 0.05) is 25.1 Å². The Morgan fingerprint density at radius 2 is 1.77 bits per heavy atom. The third-order valence-electron chi connectivity index (χ3n) is 4.93. The Morgan fingerprint density at radius 1 is 1.06 bits per heavy atom. The number of anilines is 1. The lowest BCUT2D eigenvalue weighted by Gasteiger charge is -2.20. The molecule has 1 aromatic heterocycles. The van der Waals surface area contributed by atoms with Crippen molar-refractivity contribution in [2.24, 2.45) is 0 Å².